The van der Waals surface area contributed by atoms with Crippen molar-refractivity contribution in [2.45, 2.75) is 38.8 Å². The maximum absolute atomic E-state index is 5.87. The van der Waals surface area contributed by atoms with Gasteiger partial charge >= 0.3 is 0 Å². The Morgan fingerprint density at radius 2 is 2.00 bits per heavy atom. The van der Waals surface area contributed by atoms with Crippen LogP contribution in [-0.2, 0) is 0 Å². The summed E-state index contributed by atoms with van der Waals surface area (Å²) in [5, 5.41) is 8.90. The molecule has 3 unspecified atom stereocenters. The van der Waals surface area contributed by atoms with Crippen molar-refractivity contribution in [3.8, 4) is 5.75 Å². The van der Waals surface area contributed by atoms with Crippen molar-refractivity contribution in [2.75, 3.05) is 25.5 Å². The molecule has 3 aliphatic rings. The zero-order valence-electron chi connectivity index (χ0n) is 20.8. The Hall–Kier alpha value is -2.96. The van der Waals surface area contributed by atoms with Gasteiger partial charge in [0.05, 0.1) is 18.7 Å². The molecule has 6 rings (SSSR count). The largest absolute Gasteiger partial charge is 0.497 e. The van der Waals surface area contributed by atoms with Crippen LogP contribution in [0.25, 0.3) is 10.9 Å². The van der Waals surface area contributed by atoms with Gasteiger partial charge in [0.15, 0.2) is 5.11 Å². The van der Waals surface area contributed by atoms with Gasteiger partial charge in [0.25, 0.3) is 0 Å². The van der Waals surface area contributed by atoms with Crippen molar-refractivity contribution in [3.05, 3.63) is 78.0 Å². The Kier molecular flexibility index (Phi) is 6.76. The third-order valence-electron chi connectivity index (χ3n) is 7.62. The number of rotatable bonds is 6. The number of nitrogens with zero attached hydrogens (tertiary/aromatic N) is 2. The minimum absolute atomic E-state index is 0.0204. The quantitative estimate of drug-likeness (QED) is 0.340. The first-order valence-electron chi connectivity index (χ1n) is 12.4. The van der Waals surface area contributed by atoms with E-state index < -0.39 is 0 Å². The SMILES string of the molecule is C=CC1CN2CCC1C[C@H]2[C@@H](NC(=S)Nc1cc(C)cc(C)c1)c1ccnc2ccc(OC)cc12. The van der Waals surface area contributed by atoms with Gasteiger partial charge in [-0.25, -0.2) is 0 Å². The van der Waals surface area contributed by atoms with Crippen LogP contribution in [0.15, 0.2) is 61.3 Å². The Labute approximate surface area is 213 Å². The monoisotopic (exact) mass is 486 g/mol. The summed E-state index contributed by atoms with van der Waals surface area (Å²) in [6, 6.07) is 15.0. The Balaban J connectivity index is 1.51. The smallest absolute Gasteiger partial charge is 0.171 e. The Bertz CT molecular complexity index is 1240. The molecule has 5 atom stereocenters. The summed E-state index contributed by atoms with van der Waals surface area (Å²) in [6.45, 7) is 10.5. The van der Waals surface area contributed by atoms with E-state index >= 15 is 0 Å². The van der Waals surface area contributed by atoms with Crippen molar-refractivity contribution < 1.29 is 4.74 Å². The second kappa shape index (κ2) is 9.96. The molecule has 3 aliphatic heterocycles. The third kappa shape index (κ3) is 4.91. The molecule has 2 bridgehead atoms. The summed E-state index contributed by atoms with van der Waals surface area (Å²) in [5.74, 6) is 2.06. The predicted molar refractivity (Wildman–Crippen MR) is 148 cm³/mol. The number of aryl methyl sites for hydroxylation is 2. The molecule has 6 heteroatoms. The van der Waals surface area contributed by atoms with Crippen LogP contribution in [0.1, 0.15) is 35.6 Å². The van der Waals surface area contributed by atoms with E-state index in [2.05, 4.69) is 77.4 Å². The summed E-state index contributed by atoms with van der Waals surface area (Å²) in [5.41, 5.74) is 5.60. The number of piperidine rings is 3. The molecule has 1 aromatic heterocycles. The number of anilines is 1. The summed E-state index contributed by atoms with van der Waals surface area (Å²) < 4.78 is 5.56. The molecule has 5 nitrogen and oxygen atoms in total. The van der Waals surface area contributed by atoms with Crippen molar-refractivity contribution in [2.24, 2.45) is 11.8 Å². The number of thiocarbonyl (C=S) groups is 1. The first-order chi connectivity index (χ1) is 16.9. The lowest BCUT2D eigenvalue weighted by Gasteiger charge is -2.52. The number of hydrogen-bond donors (Lipinski definition) is 2. The van der Waals surface area contributed by atoms with Crippen LogP contribution in [0.4, 0.5) is 5.69 Å². The van der Waals surface area contributed by atoms with Gasteiger partial charge in [0.1, 0.15) is 5.75 Å². The van der Waals surface area contributed by atoms with E-state index in [0.717, 1.165) is 41.9 Å². The average Bonchev–Trinajstić information content (AvgIpc) is 2.86. The lowest BCUT2D eigenvalue weighted by molar-refractivity contribution is 0.00443. The molecule has 182 valence electrons. The zero-order chi connectivity index (χ0) is 24.5. The van der Waals surface area contributed by atoms with Gasteiger partial charge in [0, 0.05) is 29.9 Å². The second-order valence-electron chi connectivity index (χ2n) is 9.98. The number of benzene rings is 2. The molecular weight excluding hydrogens is 452 g/mol. The van der Waals surface area contributed by atoms with E-state index in [9.17, 15) is 0 Å². The minimum atomic E-state index is 0.0204. The first-order valence-corrected chi connectivity index (χ1v) is 12.8. The van der Waals surface area contributed by atoms with Crippen molar-refractivity contribution in [1.82, 2.24) is 15.2 Å². The summed E-state index contributed by atoms with van der Waals surface area (Å²) >= 11 is 5.87. The Morgan fingerprint density at radius 3 is 2.69 bits per heavy atom. The van der Waals surface area contributed by atoms with E-state index in [-0.39, 0.29) is 6.04 Å². The van der Waals surface area contributed by atoms with Crippen molar-refractivity contribution in [3.63, 3.8) is 0 Å². The summed E-state index contributed by atoms with van der Waals surface area (Å²) in [7, 11) is 1.71. The number of methoxy groups -OCH3 is 1. The lowest BCUT2D eigenvalue weighted by Crippen LogP contribution is -2.57. The van der Waals surface area contributed by atoms with Gasteiger partial charge in [-0.15, -0.1) is 6.58 Å². The minimum Gasteiger partial charge on any atom is -0.497 e. The standard InChI is InChI=1S/C29H34N4OS/c1-5-20-17-33-11-9-21(20)15-27(33)28(32-29(35)31-22-13-18(2)12-19(3)14-22)24-8-10-30-26-7-6-23(34-4)16-25(24)26/h5-8,10,12-14,16,20-21,27-28H,1,9,11,15,17H2,2-4H3,(H2,31,32,35)/t20?,21?,27-,28-/m0/s1. The number of fused-ring (bicyclic) bond motifs is 4. The average molecular weight is 487 g/mol. The molecule has 0 amide bonds. The number of aromatic nitrogens is 1. The molecular formula is C29H34N4OS. The lowest BCUT2D eigenvalue weighted by atomic mass is 9.73. The van der Waals surface area contributed by atoms with Crippen LogP contribution in [0.3, 0.4) is 0 Å². The normalized spacial score (nSPS) is 24.1. The molecule has 0 saturated carbocycles. The van der Waals surface area contributed by atoms with Gasteiger partial charge in [-0.05, 0) is 110 Å². The van der Waals surface area contributed by atoms with Crippen LogP contribution >= 0.6 is 12.2 Å². The molecule has 2 N–H and O–H groups in total. The first kappa shape index (κ1) is 23.8. The highest BCUT2D eigenvalue weighted by Crippen LogP contribution is 2.42. The van der Waals surface area contributed by atoms with E-state index in [1.54, 1.807) is 7.11 Å². The van der Waals surface area contributed by atoms with Crippen molar-refractivity contribution in [1.29, 1.82) is 0 Å². The van der Waals surface area contributed by atoms with Gasteiger partial charge in [-0.1, -0.05) is 12.1 Å². The molecule has 0 spiro atoms. The maximum Gasteiger partial charge on any atom is 0.171 e. The molecule has 35 heavy (non-hydrogen) atoms. The van der Waals surface area contributed by atoms with Crippen molar-refractivity contribution >= 4 is 33.9 Å². The fourth-order valence-corrected chi connectivity index (χ4v) is 6.25. The van der Waals surface area contributed by atoms with E-state index in [0.29, 0.717) is 23.0 Å². The van der Waals surface area contributed by atoms with Gasteiger partial charge in [-0.3, -0.25) is 9.88 Å². The summed E-state index contributed by atoms with van der Waals surface area (Å²) in [4.78, 5) is 7.25. The third-order valence-corrected chi connectivity index (χ3v) is 7.84. The fourth-order valence-electron chi connectivity index (χ4n) is 6.01. The number of pyridine rings is 1. The molecule has 3 saturated heterocycles. The fraction of sp³-hybridized carbons (Fsp3) is 0.379. The van der Waals surface area contributed by atoms with Gasteiger partial charge in [0.2, 0.25) is 0 Å². The maximum atomic E-state index is 5.87. The predicted octanol–water partition coefficient (Wildman–Crippen LogP) is 5.78. The highest BCUT2D eigenvalue weighted by molar-refractivity contribution is 7.80. The van der Waals surface area contributed by atoms with E-state index in [1.807, 2.05) is 18.3 Å². The number of hydrogen-bond acceptors (Lipinski definition) is 4. The van der Waals surface area contributed by atoms with Gasteiger partial charge in [-0.2, -0.15) is 0 Å². The highest BCUT2D eigenvalue weighted by atomic mass is 32.1. The summed E-state index contributed by atoms with van der Waals surface area (Å²) in [6.07, 6.45) is 6.40. The molecule has 4 heterocycles. The number of nitrogens with one attached hydrogen (secondary N) is 2. The Morgan fingerprint density at radius 1 is 1.20 bits per heavy atom. The molecule has 3 fully saturated rings. The van der Waals surface area contributed by atoms with Crippen LogP contribution in [0.2, 0.25) is 0 Å². The molecule has 3 aromatic rings. The molecule has 0 aliphatic carbocycles. The zero-order valence-corrected chi connectivity index (χ0v) is 21.6. The van der Waals surface area contributed by atoms with E-state index in [4.69, 9.17) is 17.0 Å². The van der Waals surface area contributed by atoms with Crippen LogP contribution < -0.4 is 15.4 Å². The van der Waals surface area contributed by atoms with Crippen LogP contribution in [0.5, 0.6) is 5.75 Å². The molecule has 2 aromatic carbocycles. The van der Waals surface area contributed by atoms with E-state index in [1.165, 1.54) is 23.1 Å². The van der Waals surface area contributed by atoms with Gasteiger partial charge < -0.3 is 15.4 Å². The number of ether oxygens (including phenoxy) is 1. The second-order valence-corrected chi connectivity index (χ2v) is 10.4. The highest BCUT2D eigenvalue weighted by Gasteiger charge is 2.43. The van der Waals surface area contributed by atoms with Crippen LogP contribution in [0, 0.1) is 25.7 Å². The topological polar surface area (TPSA) is 49.4 Å². The van der Waals surface area contributed by atoms with Crippen LogP contribution in [-0.4, -0.2) is 41.2 Å². The molecule has 0 radical (unpaired) electrons.